The van der Waals surface area contributed by atoms with Gasteiger partial charge in [-0.05, 0) is 13.8 Å². The van der Waals surface area contributed by atoms with E-state index < -0.39 is 0 Å². The Hall–Kier alpha value is -0.610. The van der Waals surface area contributed by atoms with Gasteiger partial charge in [0, 0.05) is 32.7 Å². The van der Waals surface area contributed by atoms with E-state index in [1.165, 1.54) is 0 Å². The number of rotatable bonds is 2. The minimum absolute atomic E-state index is 0.0406. The maximum atomic E-state index is 11.3. The molecule has 0 bridgehead atoms. The maximum Gasteiger partial charge on any atom is 0.238 e. The van der Waals surface area contributed by atoms with Crippen LogP contribution in [0.25, 0.3) is 0 Å². The van der Waals surface area contributed by atoms with Gasteiger partial charge in [-0.2, -0.15) is 0 Å². The molecule has 1 aliphatic rings. The summed E-state index contributed by atoms with van der Waals surface area (Å²) >= 11 is 0. The molecule has 2 N–H and O–H groups in total. The zero-order valence-electron chi connectivity index (χ0n) is 8.63. The van der Waals surface area contributed by atoms with E-state index in [-0.39, 0.29) is 11.9 Å². The first-order valence-corrected chi connectivity index (χ1v) is 4.84. The van der Waals surface area contributed by atoms with E-state index in [2.05, 4.69) is 29.4 Å². The lowest BCUT2D eigenvalue weighted by Gasteiger charge is -2.35. The molecular weight excluding hydrogens is 166 g/mol. The fourth-order valence-corrected chi connectivity index (χ4v) is 1.59. The molecular formula is C9H19N3O. The van der Waals surface area contributed by atoms with Crippen LogP contribution in [0.3, 0.4) is 0 Å². The summed E-state index contributed by atoms with van der Waals surface area (Å²) in [6, 6.07) is 0.482. The molecule has 0 spiro atoms. The van der Waals surface area contributed by atoms with E-state index in [9.17, 15) is 4.79 Å². The van der Waals surface area contributed by atoms with Crippen molar-refractivity contribution in [2.24, 2.45) is 0 Å². The van der Waals surface area contributed by atoms with Crippen molar-refractivity contribution in [3.8, 4) is 0 Å². The first-order chi connectivity index (χ1) is 6.15. The predicted octanol–water partition coefficient (Wildman–Crippen LogP) is -0.585. The summed E-state index contributed by atoms with van der Waals surface area (Å²) in [5.41, 5.74) is 0. The third kappa shape index (κ3) is 2.67. The summed E-state index contributed by atoms with van der Waals surface area (Å²) in [5, 5.41) is 5.87. The summed E-state index contributed by atoms with van der Waals surface area (Å²) in [4.78, 5) is 13.7. The minimum Gasteiger partial charge on any atom is -0.358 e. The van der Waals surface area contributed by atoms with Crippen LogP contribution in [0, 0.1) is 0 Å². The second kappa shape index (κ2) is 4.58. The molecule has 0 aromatic heterocycles. The van der Waals surface area contributed by atoms with Gasteiger partial charge in [0.25, 0.3) is 0 Å². The third-order valence-corrected chi connectivity index (χ3v) is 2.50. The van der Waals surface area contributed by atoms with E-state index in [4.69, 9.17) is 0 Å². The highest BCUT2D eigenvalue weighted by Gasteiger charge is 2.25. The van der Waals surface area contributed by atoms with Gasteiger partial charge < -0.3 is 10.6 Å². The molecule has 4 heteroatoms. The largest absolute Gasteiger partial charge is 0.358 e. The van der Waals surface area contributed by atoms with Crippen LogP contribution in [-0.4, -0.2) is 49.6 Å². The van der Waals surface area contributed by atoms with E-state index in [0.29, 0.717) is 6.04 Å². The predicted molar refractivity (Wildman–Crippen MR) is 52.6 cm³/mol. The van der Waals surface area contributed by atoms with Crippen molar-refractivity contribution in [3.63, 3.8) is 0 Å². The Morgan fingerprint density at radius 2 is 2.31 bits per heavy atom. The first kappa shape index (κ1) is 10.5. The lowest BCUT2D eigenvalue weighted by Crippen LogP contribution is -2.58. The zero-order valence-corrected chi connectivity index (χ0v) is 8.63. The molecule has 4 nitrogen and oxygen atoms in total. The van der Waals surface area contributed by atoms with Crippen LogP contribution in [0.1, 0.15) is 13.8 Å². The molecule has 13 heavy (non-hydrogen) atoms. The third-order valence-electron chi connectivity index (χ3n) is 2.50. The number of hydrogen-bond donors (Lipinski definition) is 2. The summed E-state index contributed by atoms with van der Waals surface area (Å²) in [6.07, 6.45) is 0. The number of piperazine rings is 1. The van der Waals surface area contributed by atoms with E-state index in [0.717, 1.165) is 19.6 Å². The zero-order chi connectivity index (χ0) is 9.84. The SMILES string of the molecule is CNC(=O)[C@@H]1CN(C(C)C)CCN1. The molecule has 0 aliphatic carbocycles. The molecule has 0 aromatic rings. The summed E-state index contributed by atoms with van der Waals surface area (Å²) in [5.74, 6) is 0.0883. The Labute approximate surface area is 79.7 Å². The maximum absolute atomic E-state index is 11.3. The molecule has 1 atom stereocenters. The number of carbonyl (C=O) groups is 1. The first-order valence-electron chi connectivity index (χ1n) is 4.84. The summed E-state index contributed by atoms with van der Waals surface area (Å²) in [7, 11) is 1.68. The second-order valence-corrected chi connectivity index (χ2v) is 3.71. The van der Waals surface area contributed by atoms with Crippen LogP contribution in [-0.2, 0) is 4.79 Å². The fourth-order valence-electron chi connectivity index (χ4n) is 1.59. The Morgan fingerprint density at radius 3 is 2.85 bits per heavy atom. The molecule has 1 rings (SSSR count). The Bertz CT molecular complexity index is 182. The monoisotopic (exact) mass is 185 g/mol. The van der Waals surface area contributed by atoms with Gasteiger partial charge in [-0.15, -0.1) is 0 Å². The number of likely N-dealkylation sites (N-methyl/N-ethyl adjacent to an activating group) is 1. The molecule has 0 radical (unpaired) electrons. The number of nitrogens with one attached hydrogen (secondary N) is 2. The molecule has 1 heterocycles. The van der Waals surface area contributed by atoms with Gasteiger partial charge in [0.15, 0.2) is 0 Å². The number of hydrogen-bond acceptors (Lipinski definition) is 3. The number of amides is 1. The van der Waals surface area contributed by atoms with Crippen LogP contribution in [0.4, 0.5) is 0 Å². The summed E-state index contributed by atoms with van der Waals surface area (Å²) in [6.45, 7) is 7.07. The molecule has 76 valence electrons. The lowest BCUT2D eigenvalue weighted by molar-refractivity contribution is -0.123. The van der Waals surface area contributed by atoms with E-state index in [1.807, 2.05) is 0 Å². The van der Waals surface area contributed by atoms with Gasteiger partial charge in [0.05, 0.1) is 6.04 Å². The topological polar surface area (TPSA) is 44.4 Å². The van der Waals surface area contributed by atoms with Gasteiger partial charge in [-0.1, -0.05) is 0 Å². The van der Waals surface area contributed by atoms with Crippen molar-refractivity contribution in [3.05, 3.63) is 0 Å². The number of carbonyl (C=O) groups excluding carboxylic acids is 1. The molecule has 0 unspecified atom stereocenters. The molecule has 1 aliphatic heterocycles. The average Bonchev–Trinajstić information content (AvgIpc) is 2.17. The molecule has 1 fully saturated rings. The second-order valence-electron chi connectivity index (χ2n) is 3.71. The standard InChI is InChI=1S/C9H19N3O/c1-7(2)12-5-4-11-8(6-12)9(13)10-3/h7-8,11H,4-6H2,1-3H3,(H,10,13)/t8-/m0/s1. The van der Waals surface area contributed by atoms with Crippen LogP contribution in [0.2, 0.25) is 0 Å². The van der Waals surface area contributed by atoms with Crippen molar-refractivity contribution in [2.45, 2.75) is 25.9 Å². The molecule has 0 aromatic carbocycles. The Balaban J connectivity index is 2.46. The molecule has 0 saturated carbocycles. The van der Waals surface area contributed by atoms with Crippen molar-refractivity contribution in [1.29, 1.82) is 0 Å². The van der Waals surface area contributed by atoms with Gasteiger partial charge in [0.2, 0.25) is 5.91 Å². The molecule has 1 saturated heterocycles. The highest BCUT2D eigenvalue weighted by atomic mass is 16.2. The lowest BCUT2D eigenvalue weighted by atomic mass is 10.1. The minimum atomic E-state index is -0.0406. The number of nitrogens with zero attached hydrogens (tertiary/aromatic N) is 1. The van der Waals surface area contributed by atoms with Crippen molar-refractivity contribution in [1.82, 2.24) is 15.5 Å². The van der Waals surface area contributed by atoms with Gasteiger partial charge in [-0.3, -0.25) is 9.69 Å². The van der Waals surface area contributed by atoms with Crippen LogP contribution < -0.4 is 10.6 Å². The van der Waals surface area contributed by atoms with Crippen LogP contribution in [0.5, 0.6) is 0 Å². The fraction of sp³-hybridized carbons (Fsp3) is 0.889. The van der Waals surface area contributed by atoms with Gasteiger partial charge >= 0.3 is 0 Å². The quantitative estimate of drug-likeness (QED) is 0.604. The van der Waals surface area contributed by atoms with Crippen LogP contribution in [0.15, 0.2) is 0 Å². The smallest absolute Gasteiger partial charge is 0.238 e. The summed E-state index contributed by atoms with van der Waals surface area (Å²) < 4.78 is 0. The van der Waals surface area contributed by atoms with Crippen molar-refractivity contribution in [2.75, 3.05) is 26.7 Å². The van der Waals surface area contributed by atoms with E-state index in [1.54, 1.807) is 7.05 Å². The van der Waals surface area contributed by atoms with Crippen LogP contribution >= 0.6 is 0 Å². The average molecular weight is 185 g/mol. The molecule has 1 amide bonds. The van der Waals surface area contributed by atoms with Crippen molar-refractivity contribution < 1.29 is 4.79 Å². The normalized spacial score (nSPS) is 24.8. The Morgan fingerprint density at radius 1 is 1.62 bits per heavy atom. The van der Waals surface area contributed by atoms with Gasteiger partial charge in [0.1, 0.15) is 0 Å². The Kier molecular flexibility index (Phi) is 3.69. The van der Waals surface area contributed by atoms with E-state index >= 15 is 0 Å². The van der Waals surface area contributed by atoms with Crippen molar-refractivity contribution >= 4 is 5.91 Å². The van der Waals surface area contributed by atoms with Gasteiger partial charge in [-0.25, -0.2) is 0 Å². The highest BCUT2D eigenvalue weighted by Crippen LogP contribution is 2.03. The highest BCUT2D eigenvalue weighted by molar-refractivity contribution is 5.81.